The van der Waals surface area contributed by atoms with Gasteiger partial charge in [0.15, 0.2) is 5.54 Å². The molecule has 1 atom stereocenters. The molecule has 0 saturated carbocycles. The standard InChI is InChI=1S/C14H11N3O/c18-13-8-6-12(7-9-13)14(10-15-17-16-14)11-4-2-1-3-5-11/h1-10,18H. The molecule has 1 aliphatic rings. The highest BCUT2D eigenvalue weighted by Gasteiger charge is 2.35. The zero-order valence-electron chi connectivity index (χ0n) is 9.56. The lowest BCUT2D eigenvalue weighted by atomic mass is 9.85. The fourth-order valence-corrected chi connectivity index (χ4v) is 2.07. The van der Waals surface area contributed by atoms with E-state index in [-0.39, 0.29) is 5.75 Å². The molecule has 2 aromatic carbocycles. The van der Waals surface area contributed by atoms with Gasteiger partial charge in [0.25, 0.3) is 0 Å². The number of phenols is 1. The maximum atomic E-state index is 9.37. The number of phenolic OH excluding ortho intramolecular Hbond substituents is 1. The Hall–Kier alpha value is -2.49. The Morgan fingerprint density at radius 2 is 1.50 bits per heavy atom. The lowest BCUT2D eigenvalue weighted by molar-refractivity contribution is 0.474. The maximum Gasteiger partial charge on any atom is 0.170 e. The van der Waals surface area contributed by atoms with Crippen molar-refractivity contribution in [2.24, 2.45) is 15.4 Å². The van der Waals surface area contributed by atoms with E-state index in [1.165, 1.54) is 0 Å². The molecule has 0 bridgehead atoms. The summed E-state index contributed by atoms with van der Waals surface area (Å²) in [6.45, 7) is 0. The van der Waals surface area contributed by atoms with Crippen LogP contribution in [-0.4, -0.2) is 11.3 Å². The summed E-state index contributed by atoms with van der Waals surface area (Å²) in [6, 6.07) is 16.8. The van der Waals surface area contributed by atoms with Crippen molar-refractivity contribution in [2.75, 3.05) is 0 Å². The van der Waals surface area contributed by atoms with Gasteiger partial charge in [0.2, 0.25) is 0 Å². The highest BCUT2D eigenvalue weighted by Crippen LogP contribution is 2.35. The molecule has 0 amide bonds. The van der Waals surface area contributed by atoms with Crippen LogP contribution in [0.1, 0.15) is 11.1 Å². The average Bonchev–Trinajstić information content (AvgIpc) is 2.91. The second kappa shape index (κ2) is 4.07. The van der Waals surface area contributed by atoms with Crippen molar-refractivity contribution in [1.82, 2.24) is 0 Å². The molecule has 0 fully saturated rings. The van der Waals surface area contributed by atoms with E-state index in [0.29, 0.717) is 0 Å². The molecule has 0 aliphatic carbocycles. The van der Waals surface area contributed by atoms with Crippen molar-refractivity contribution in [3.8, 4) is 5.75 Å². The zero-order valence-corrected chi connectivity index (χ0v) is 9.56. The van der Waals surface area contributed by atoms with Crippen LogP contribution in [0.5, 0.6) is 5.75 Å². The zero-order chi connectivity index (χ0) is 12.4. The number of nitrogens with zero attached hydrogens (tertiary/aromatic N) is 3. The minimum atomic E-state index is -0.672. The molecule has 1 aliphatic heterocycles. The Morgan fingerprint density at radius 1 is 0.833 bits per heavy atom. The van der Waals surface area contributed by atoms with Crippen molar-refractivity contribution < 1.29 is 5.11 Å². The summed E-state index contributed by atoms with van der Waals surface area (Å²) >= 11 is 0. The second-order valence-electron chi connectivity index (χ2n) is 4.11. The Kier molecular flexibility index (Phi) is 2.41. The van der Waals surface area contributed by atoms with Crippen LogP contribution in [0.4, 0.5) is 0 Å². The molecule has 4 nitrogen and oxygen atoms in total. The highest BCUT2D eigenvalue weighted by atomic mass is 16.3. The average molecular weight is 237 g/mol. The van der Waals surface area contributed by atoms with Gasteiger partial charge in [-0.15, -0.1) is 10.2 Å². The Morgan fingerprint density at radius 3 is 2.11 bits per heavy atom. The number of hydrogen-bond donors (Lipinski definition) is 1. The van der Waals surface area contributed by atoms with Crippen LogP contribution in [0.3, 0.4) is 0 Å². The minimum Gasteiger partial charge on any atom is -0.508 e. The number of aromatic hydroxyl groups is 1. The third-order valence-corrected chi connectivity index (χ3v) is 3.02. The number of hydrogen-bond acceptors (Lipinski definition) is 4. The first-order chi connectivity index (χ1) is 8.81. The van der Waals surface area contributed by atoms with Crippen LogP contribution in [0.2, 0.25) is 0 Å². The van der Waals surface area contributed by atoms with E-state index in [2.05, 4.69) is 15.4 Å². The lowest BCUT2D eigenvalue weighted by Gasteiger charge is -2.22. The van der Waals surface area contributed by atoms with Crippen molar-refractivity contribution >= 4 is 6.21 Å². The fraction of sp³-hybridized carbons (Fsp3) is 0.0714. The Balaban J connectivity index is 2.17. The van der Waals surface area contributed by atoms with Gasteiger partial charge in [0, 0.05) is 0 Å². The van der Waals surface area contributed by atoms with Gasteiger partial charge >= 0.3 is 0 Å². The monoisotopic (exact) mass is 237 g/mol. The van der Waals surface area contributed by atoms with Gasteiger partial charge in [-0.25, -0.2) is 0 Å². The molecule has 0 aromatic heterocycles. The topological polar surface area (TPSA) is 57.3 Å². The number of benzene rings is 2. The van der Waals surface area contributed by atoms with E-state index >= 15 is 0 Å². The largest absolute Gasteiger partial charge is 0.508 e. The van der Waals surface area contributed by atoms with Crippen LogP contribution in [0.25, 0.3) is 0 Å². The van der Waals surface area contributed by atoms with Crippen molar-refractivity contribution in [3.63, 3.8) is 0 Å². The summed E-state index contributed by atoms with van der Waals surface area (Å²) in [4.78, 5) is 0. The van der Waals surface area contributed by atoms with Gasteiger partial charge < -0.3 is 5.11 Å². The Bertz CT molecular complexity index is 591. The molecular weight excluding hydrogens is 226 g/mol. The molecule has 0 spiro atoms. The van der Waals surface area contributed by atoms with Crippen molar-refractivity contribution in [3.05, 3.63) is 65.7 Å². The molecular formula is C14H11N3O. The fourth-order valence-electron chi connectivity index (χ4n) is 2.07. The van der Waals surface area contributed by atoms with Crippen LogP contribution in [0.15, 0.2) is 70.0 Å². The van der Waals surface area contributed by atoms with E-state index in [4.69, 9.17) is 0 Å². The van der Waals surface area contributed by atoms with Gasteiger partial charge in [0.1, 0.15) is 5.75 Å². The molecule has 88 valence electrons. The van der Waals surface area contributed by atoms with E-state index in [1.54, 1.807) is 18.3 Å². The van der Waals surface area contributed by atoms with E-state index in [9.17, 15) is 5.11 Å². The first-order valence-corrected chi connectivity index (χ1v) is 5.63. The third kappa shape index (κ3) is 1.59. The van der Waals surface area contributed by atoms with E-state index < -0.39 is 5.54 Å². The highest BCUT2D eigenvalue weighted by molar-refractivity contribution is 5.79. The quantitative estimate of drug-likeness (QED) is 0.857. The summed E-state index contributed by atoms with van der Waals surface area (Å²) in [5.74, 6) is 0.230. The molecule has 1 heterocycles. The molecule has 0 saturated heterocycles. The predicted octanol–water partition coefficient (Wildman–Crippen LogP) is 3.09. The first-order valence-electron chi connectivity index (χ1n) is 5.63. The molecule has 0 radical (unpaired) electrons. The van der Waals surface area contributed by atoms with Crippen LogP contribution < -0.4 is 0 Å². The summed E-state index contributed by atoms with van der Waals surface area (Å²) in [6.07, 6.45) is 1.72. The normalized spacial score (nSPS) is 21.3. The van der Waals surface area contributed by atoms with E-state index in [1.807, 2.05) is 42.5 Å². The SMILES string of the molecule is Oc1ccc(C2(c3ccccc3)C=NN=N2)cc1. The Labute approximate surface area is 104 Å². The van der Waals surface area contributed by atoms with Crippen LogP contribution in [-0.2, 0) is 5.54 Å². The van der Waals surface area contributed by atoms with Crippen molar-refractivity contribution in [1.29, 1.82) is 0 Å². The van der Waals surface area contributed by atoms with E-state index in [0.717, 1.165) is 11.1 Å². The molecule has 3 rings (SSSR count). The van der Waals surface area contributed by atoms with Gasteiger partial charge in [-0.3, -0.25) is 0 Å². The third-order valence-electron chi connectivity index (χ3n) is 3.02. The molecule has 1 unspecified atom stereocenters. The summed E-state index contributed by atoms with van der Waals surface area (Å²) in [5, 5.41) is 21.3. The van der Waals surface area contributed by atoms with Gasteiger partial charge in [-0.1, -0.05) is 42.5 Å². The summed E-state index contributed by atoms with van der Waals surface area (Å²) in [5.41, 5.74) is 1.26. The lowest BCUT2D eigenvalue weighted by Crippen LogP contribution is -2.24. The molecule has 2 aromatic rings. The smallest absolute Gasteiger partial charge is 0.170 e. The minimum absolute atomic E-state index is 0.230. The van der Waals surface area contributed by atoms with Gasteiger partial charge in [-0.2, -0.15) is 0 Å². The van der Waals surface area contributed by atoms with Crippen molar-refractivity contribution in [2.45, 2.75) is 5.54 Å². The van der Waals surface area contributed by atoms with Gasteiger partial charge in [0.05, 0.1) is 6.21 Å². The summed E-state index contributed by atoms with van der Waals surface area (Å²) in [7, 11) is 0. The predicted molar refractivity (Wildman–Crippen MR) is 68.7 cm³/mol. The summed E-state index contributed by atoms with van der Waals surface area (Å²) < 4.78 is 0. The van der Waals surface area contributed by atoms with Crippen LogP contribution in [0, 0.1) is 0 Å². The molecule has 18 heavy (non-hydrogen) atoms. The second-order valence-corrected chi connectivity index (χ2v) is 4.11. The number of rotatable bonds is 2. The molecule has 1 N–H and O–H groups in total. The molecule has 4 heteroatoms. The first kappa shape index (κ1) is 10.7. The van der Waals surface area contributed by atoms with Gasteiger partial charge in [-0.05, 0) is 28.5 Å². The maximum absolute atomic E-state index is 9.37. The van der Waals surface area contributed by atoms with Crippen LogP contribution >= 0.6 is 0 Å².